The molecular formula is C12H24. The lowest BCUT2D eigenvalue weighted by molar-refractivity contribution is 0.363. The van der Waals surface area contributed by atoms with Crippen LogP contribution < -0.4 is 0 Å². The minimum absolute atomic E-state index is 0.464. The Labute approximate surface area is 78.1 Å². The predicted molar refractivity (Wildman–Crippen MR) is 57.4 cm³/mol. The van der Waals surface area contributed by atoms with Gasteiger partial charge in [0.1, 0.15) is 0 Å². The van der Waals surface area contributed by atoms with Crippen LogP contribution >= 0.6 is 0 Å². The third-order valence-electron chi connectivity index (χ3n) is 2.67. The van der Waals surface area contributed by atoms with Gasteiger partial charge < -0.3 is 0 Å². The predicted octanol–water partition coefficient (Wildman–Crippen LogP) is 4.56. The molecule has 0 bridgehead atoms. The summed E-state index contributed by atoms with van der Waals surface area (Å²) in [4.78, 5) is 0. The molecule has 0 fully saturated rings. The van der Waals surface area contributed by atoms with Crippen LogP contribution in [0, 0.1) is 5.41 Å². The first-order valence-electron chi connectivity index (χ1n) is 5.36. The van der Waals surface area contributed by atoms with Crippen LogP contribution in [0.25, 0.3) is 0 Å². The van der Waals surface area contributed by atoms with E-state index in [0.29, 0.717) is 5.41 Å². The van der Waals surface area contributed by atoms with Crippen LogP contribution in [0.15, 0.2) is 12.2 Å². The van der Waals surface area contributed by atoms with Crippen LogP contribution in [0.1, 0.15) is 59.8 Å². The van der Waals surface area contributed by atoms with Crippen molar-refractivity contribution < 1.29 is 0 Å². The molecule has 0 aromatic carbocycles. The highest BCUT2D eigenvalue weighted by Crippen LogP contribution is 2.29. The molecule has 72 valence electrons. The highest BCUT2D eigenvalue weighted by atomic mass is 14.2. The molecule has 0 aliphatic carbocycles. The first kappa shape index (κ1) is 11.7. The number of unbranched alkanes of at least 4 members (excludes halogenated alkanes) is 1. The van der Waals surface area contributed by atoms with Crippen molar-refractivity contribution in [3.63, 3.8) is 0 Å². The second kappa shape index (κ2) is 6.28. The molecule has 0 aromatic heterocycles. The summed E-state index contributed by atoms with van der Waals surface area (Å²) in [5.41, 5.74) is 0.464. The Morgan fingerprint density at radius 2 is 1.83 bits per heavy atom. The molecule has 0 nitrogen and oxygen atoms in total. The van der Waals surface area contributed by atoms with Crippen molar-refractivity contribution in [1.29, 1.82) is 0 Å². The van der Waals surface area contributed by atoms with E-state index in [1.54, 1.807) is 0 Å². The average molecular weight is 168 g/mol. The Bertz CT molecular complexity index is 124. The molecule has 0 saturated heterocycles. The van der Waals surface area contributed by atoms with Gasteiger partial charge in [-0.15, -0.1) is 0 Å². The zero-order valence-corrected chi connectivity index (χ0v) is 9.19. The molecule has 0 aliphatic rings. The van der Waals surface area contributed by atoms with Gasteiger partial charge in [0.15, 0.2) is 0 Å². The molecule has 0 heteroatoms. The van der Waals surface area contributed by atoms with E-state index in [1.165, 1.54) is 32.1 Å². The minimum atomic E-state index is 0.464. The third-order valence-corrected chi connectivity index (χ3v) is 2.67. The van der Waals surface area contributed by atoms with Crippen molar-refractivity contribution in [1.82, 2.24) is 0 Å². The first-order chi connectivity index (χ1) is 5.68. The molecule has 0 aliphatic heterocycles. The fourth-order valence-corrected chi connectivity index (χ4v) is 1.36. The minimum Gasteiger partial charge on any atom is -0.0883 e. The lowest BCUT2D eigenvalue weighted by Gasteiger charge is -2.23. The van der Waals surface area contributed by atoms with Gasteiger partial charge in [-0.05, 0) is 24.7 Å². The van der Waals surface area contributed by atoms with Gasteiger partial charge in [-0.25, -0.2) is 0 Å². The number of hydrogen-bond donors (Lipinski definition) is 0. The van der Waals surface area contributed by atoms with E-state index in [-0.39, 0.29) is 0 Å². The standard InChI is InChI=1S/C12H24/c1-5-8-10-12(4,7-3)11-9-6-2/h8,10H,5-7,9,11H2,1-4H3. The van der Waals surface area contributed by atoms with Crippen LogP contribution in [0.4, 0.5) is 0 Å². The Kier molecular flexibility index (Phi) is 6.14. The molecule has 0 aromatic rings. The summed E-state index contributed by atoms with van der Waals surface area (Å²) in [6, 6.07) is 0. The van der Waals surface area contributed by atoms with Gasteiger partial charge in [-0.2, -0.15) is 0 Å². The largest absolute Gasteiger partial charge is 0.0883 e. The van der Waals surface area contributed by atoms with Crippen LogP contribution in [0.2, 0.25) is 0 Å². The van der Waals surface area contributed by atoms with Crippen molar-refractivity contribution in [2.45, 2.75) is 59.8 Å². The average Bonchev–Trinajstić information content (AvgIpc) is 2.11. The third kappa shape index (κ3) is 4.58. The van der Waals surface area contributed by atoms with E-state index in [1.807, 2.05) is 0 Å². The van der Waals surface area contributed by atoms with E-state index in [9.17, 15) is 0 Å². The SMILES string of the molecule is CCC=CC(C)(CC)CCCC. The van der Waals surface area contributed by atoms with Gasteiger partial charge in [0.2, 0.25) is 0 Å². The van der Waals surface area contributed by atoms with Crippen molar-refractivity contribution >= 4 is 0 Å². The van der Waals surface area contributed by atoms with E-state index in [0.717, 1.165) is 0 Å². The van der Waals surface area contributed by atoms with Gasteiger partial charge >= 0.3 is 0 Å². The molecule has 0 N–H and O–H groups in total. The van der Waals surface area contributed by atoms with Crippen LogP contribution in [-0.4, -0.2) is 0 Å². The molecule has 12 heavy (non-hydrogen) atoms. The van der Waals surface area contributed by atoms with Crippen LogP contribution in [0.5, 0.6) is 0 Å². The van der Waals surface area contributed by atoms with Crippen molar-refractivity contribution in [2.24, 2.45) is 5.41 Å². The Morgan fingerprint density at radius 3 is 2.25 bits per heavy atom. The Hall–Kier alpha value is -0.260. The number of allylic oxidation sites excluding steroid dienone is 2. The normalized spacial score (nSPS) is 16.7. The second-order valence-corrected chi connectivity index (χ2v) is 3.92. The lowest BCUT2D eigenvalue weighted by Crippen LogP contribution is -2.11. The molecule has 0 rings (SSSR count). The maximum atomic E-state index is 2.41. The lowest BCUT2D eigenvalue weighted by atomic mass is 9.82. The van der Waals surface area contributed by atoms with E-state index < -0.39 is 0 Å². The van der Waals surface area contributed by atoms with Gasteiger partial charge in [-0.3, -0.25) is 0 Å². The van der Waals surface area contributed by atoms with Gasteiger partial charge in [0.05, 0.1) is 0 Å². The quantitative estimate of drug-likeness (QED) is 0.510. The molecule has 0 spiro atoms. The van der Waals surface area contributed by atoms with Crippen LogP contribution in [-0.2, 0) is 0 Å². The van der Waals surface area contributed by atoms with E-state index in [2.05, 4.69) is 39.8 Å². The maximum Gasteiger partial charge on any atom is -0.0149 e. The number of hydrogen-bond acceptors (Lipinski definition) is 0. The number of rotatable bonds is 6. The van der Waals surface area contributed by atoms with Crippen LogP contribution in [0.3, 0.4) is 0 Å². The zero-order chi connectivity index (χ0) is 9.45. The highest BCUT2D eigenvalue weighted by Gasteiger charge is 2.16. The topological polar surface area (TPSA) is 0 Å². The summed E-state index contributed by atoms with van der Waals surface area (Å²) in [6.45, 7) is 9.12. The van der Waals surface area contributed by atoms with Gasteiger partial charge in [0, 0.05) is 0 Å². The second-order valence-electron chi connectivity index (χ2n) is 3.92. The molecule has 1 unspecified atom stereocenters. The van der Waals surface area contributed by atoms with E-state index >= 15 is 0 Å². The molecule has 1 atom stereocenters. The smallest absolute Gasteiger partial charge is 0.0149 e. The van der Waals surface area contributed by atoms with Crippen molar-refractivity contribution in [3.8, 4) is 0 Å². The monoisotopic (exact) mass is 168 g/mol. The summed E-state index contributed by atoms with van der Waals surface area (Å²) in [7, 11) is 0. The summed E-state index contributed by atoms with van der Waals surface area (Å²) in [5.74, 6) is 0. The van der Waals surface area contributed by atoms with Gasteiger partial charge in [-0.1, -0.05) is 52.7 Å². The molecule has 0 radical (unpaired) electrons. The Morgan fingerprint density at radius 1 is 1.17 bits per heavy atom. The van der Waals surface area contributed by atoms with E-state index in [4.69, 9.17) is 0 Å². The molecule has 0 saturated carbocycles. The molecular weight excluding hydrogens is 144 g/mol. The molecule has 0 amide bonds. The fourth-order valence-electron chi connectivity index (χ4n) is 1.36. The summed E-state index contributed by atoms with van der Waals surface area (Å²) in [6.07, 6.45) is 11.2. The Balaban J connectivity index is 3.95. The first-order valence-corrected chi connectivity index (χ1v) is 5.36. The summed E-state index contributed by atoms with van der Waals surface area (Å²) < 4.78 is 0. The van der Waals surface area contributed by atoms with Crippen molar-refractivity contribution in [2.75, 3.05) is 0 Å². The van der Waals surface area contributed by atoms with Crippen molar-refractivity contribution in [3.05, 3.63) is 12.2 Å². The highest BCUT2D eigenvalue weighted by molar-refractivity contribution is 4.95. The van der Waals surface area contributed by atoms with Gasteiger partial charge in [0.25, 0.3) is 0 Å². The summed E-state index contributed by atoms with van der Waals surface area (Å²) in [5, 5.41) is 0. The fraction of sp³-hybridized carbons (Fsp3) is 0.833. The molecule has 0 heterocycles. The summed E-state index contributed by atoms with van der Waals surface area (Å²) >= 11 is 0. The maximum absolute atomic E-state index is 2.41. The zero-order valence-electron chi connectivity index (χ0n) is 9.19.